The van der Waals surface area contributed by atoms with Gasteiger partial charge in [-0.3, -0.25) is 0 Å². The van der Waals surface area contributed by atoms with E-state index in [2.05, 4.69) is 0 Å². The summed E-state index contributed by atoms with van der Waals surface area (Å²) >= 11 is 0. The van der Waals surface area contributed by atoms with Crippen LogP contribution in [0.5, 0.6) is 5.75 Å². The average molecular weight is 335 g/mol. The molecule has 0 unspecified atom stereocenters. The molecule has 0 bridgehead atoms. The summed E-state index contributed by atoms with van der Waals surface area (Å²) in [5, 5.41) is 0. The summed E-state index contributed by atoms with van der Waals surface area (Å²) in [6.07, 6.45) is 1.88. The molecule has 0 amide bonds. The maximum atomic E-state index is 11.6. The van der Waals surface area contributed by atoms with Gasteiger partial charge in [0.05, 0.1) is 11.5 Å². The normalized spacial score (nSPS) is 14.5. The first-order valence-electron chi connectivity index (χ1n) is 6.92. The lowest BCUT2D eigenvalue weighted by molar-refractivity contribution is 0.325. The molecule has 1 aliphatic heterocycles. The summed E-state index contributed by atoms with van der Waals surface area (Å²) in [6, 6.07) is 13.9. The summed E-state index contributed by atoms with van der Waals surface area (Å²) in [4.78, 5) is 0.189. The van der Waals surface area contributed by atoms with E-state index in [4.69, 9.17) is 15.4 Å². The SMILES string of the molecule is Cc1ccc(-c2ccc3c(c2)C=C(S(=O)(=O)Cl)CCO3)cc1. The zero-order valence-electron chi connectivity index (χ0n) is 12.0. The molecule has 5 heteroatoms. The second kappa shape index (κ2) is 5.78. The Morgan fingerprint density at radius 3 is 2.41 bits per heavy atom. The largest absolute Gasteiger partial charge is 0.493 e. The van der Waals surface area contributed by atoms with Crippen LogP contribution in [0.25, 0.3) is 17.2 Å². The third kappa shape index (κ3) is 3.18. The number of hydrogen-bond acceptors (Lipinski definition) is 3. The molecule has 3 nitrogen and oxygen atoms in total. The van der Waals surface area contributed by atoms with Gasteiger partial charge in [-0.2, -0.15) is 0 Å². The maximum absolute atomic E-state index is 11.6. The van der Waals surface area contributed by atoms with Gasteiger partial charge in [0, 0.05) is 22.7 Å². The molecule has 0 saturated heterocycles. The highest BCUT2D eigenvalue weighted by molar-refractivity contribution is 8.16. The van der Waals surface area contributed by atoms with Gasteiger partial charge in [-0.15, -0.1) is 0 Å². The van der Waals surface area contributed by atoms with Gasteiger partial charge in [0.25, 0.3) is 9.05 Å². The Labute approximate surface area is 134 Å². The molecule has 2 aromatic carbocycles. The van der Waals surface area contributed by atoms with E-state index in [1.54, 1.807) is 6.08 Å². The van der Waals surface area contributed by atoms with Crippen molar-refractivity contribution < 1.29 is 13.2 Å². The van der Waals surface area contributed by atoms with E-state index in [0.29, 0.717) is 12.4 Å². The molecule has 22 heavy (non-hydrogen) atoms. The zero-order valence-corrected chi connectivity index (χ0v) is 13.6. The number of hydrogen-bond donors (Lipinski definition) is 0. The van der Waals surface area contributed by atoms with Crippen molar-refractivity contribution in [2.75, 3.05) is 6.61 Å². The number of benzene rings is 2. The maximum Gasteiger partial charge on any atom is 0.257 e. The number of rotatable bonds is 2. The van der Waals surface area contributed by atoms with Crippen molar-refractivity contribution in [3.8, 4) is 16.9 Å². The van der Waals surface area contributed by atoms with E-state index in [1.807, 2.05) is 49.4 Å². The number of halogens is 1. The quantitative estimate of drug-likeness (QED) is 0.767. The van der Waals surface area contributed by atoms with Crippen LogP contribution in [0.15, 0.2) is 47.4 Å². The molecule has 3 rings (SSSR count). The molecule has 1 aliphatic rings. The molecular weight excluding hydrogens is 320 g/mol. The number of fused-ring (bicyclic) bond motifs is 1. The summed E-state index contributed by atoms with van der Waals surface area (Å²) in [7, 11) is 1.75. The van der Waals surface area contributed by atoms with Gasteiger partial charge in [0.1, 0.15) is 5.75 Å². The Balaban J connectivity index is 2.09. The highest BCUT2D eigenvalue weighted by atomic mass is 35.7. The fourth-order valence-electron chi connectivity index (χ4n) is 2.42. The molecule has 2 aromatic rings. The van der Waals surface area contributed by atoms with Gasteiger partial charge >= 0.3 is 0 Å². The molecule has 1 heterocycles. The highest BCUT2D eigenvalue weighted by Gasteiger charge is 2.19. The third-order valence-corrected chi connectivity index (χ3v) is 5.17. The number of aryl methyl sites for hydroxylation is 1. The van der Waals surface area contributed by atoms with Crippen LogP contribution in [0.4, 0.5) is 0 Å². The molecule has 0 aromatic heterocycles. The van der Waals surface area contributed by atoms with Crippen LogP contribution in [0, 0.1) is 6.92 Å². The van der Waals surface area contributed by atoms with E-state index in [9.17, 15) is 8.42 Å². The van der Waals surface area contributed by atoms with Crippen LogP contribution in [0.3, 0.4) is 0 Å². The molecule has 0 fully saturated rings. The average Bonchev–Trinajstić information content (AvgIpc) is 2.69. The minimum absolute atomic E-state index is 0.189. The van der Waals surface area contributed by atoms with Crippen molar-refractivity contribution >= 4 is 25.8 Å². The Morgan fingerprint density at radius 2 is 1.73 bits per heavy atom. The fourth-order valence-corrected chi connectivity index (χ4v) is 3.38. The van der Waals surface area contributed by atoms with Crippen LogP contribution in [0.1, 0.15) is 17.5 Å². The smallest absolute Gasteiger partial charge is 0.257 e. The van der Waals surface area contributed by atoms with Crippen molar-refractivity contribution in [3.63, 3.8) is 0 Å². The van der Waals surface area contributed by atoms with E-state index < -0.39 is 9.05 Å². The summed E-state index contributed by atoms with van der Waals surface area (Å²) in [5.74, 6) is 0.672. The van der Waals surface area contributed by atoms with E-state index in [-0.39, 0.29) is 11.3 Å². The van der Waals surface area contributed by atoms with Crippen molar-refractivity contribution in [2.24, 2.45) is 0 Å². The molecular formula is C17H15ClO3S. The van der Waals surface area contributed by atoms with E-state index in [1.165, 1.54) is 5.56 Å². The van der Waals surface area contributed by atoms with Gasteiger partial charge in [-0.25, -0.2) is 8.42 Å². The minimum Gasteiger partial charge on any atom is -0.493 e. The predicted molar refractivity (Wildman–Crippen MR) is 89.5 cm³/mol. The van der Waals surface area contributed by atoms with Crippen LogP contribution in [0.2, 0.25) is 0 Å². The van der Waals surface area contributed by atoms with Gasteiger partial charge in [0.2, 0.25) is 0 Å². The second-order valence-corrected chi connectivity index (χ2v) is 7.88. The standard InChI is InChI=1S/C17H15ClO3S/c1-12-2-4-13(5-3-12)14-6-7-17-15(10-14)11-16(8-9-21-17)22(18,19)20/h2-7,10-11H,8-9H2,1H3. The van der Waals surface area contributed by atoms with Crippen molar-refractivity contribution in [1.82, 2.24) is 0 Å². The molecule has 0 saturated carbocycles. The predicted octanol–water partition coefficient (Wildman–Crippen LogP) is 4.35. The molecule has 0 atom stereocenters. The fraction of sp³-hybridized carbons (Fsp3) is 0.176. The highest BCUT2D eigenvalue weighted by Crippen LogP contribution is 2.33. The van der Waals surface area contributed by atoms with Crippen molar-refractivity contribution in [2.45, 2.75) is 13.3 Å². The Bertz CT molecular complexity index is 837. The van der Waals surface area contributed by atoms with Gasteiger partial charge in [-0.05, 0) is 36.3 Å². The summed E-state index contributed by atoms with van der Waals surface area (Å²) in [5.41, 5.74) is 4.00. The van der Waals surface area contributed by atoms with Crippen molar-refractivity contribution in [1.29, 1.82) is 0 Å². The topological polar surface area (TPSA) is 43.4 Å². The first-order valence-corrected chi connectivity index (χ1v) is 9.23. The lowest BCUT2D eigenvalue weighted by atomic mass is 10.0. The zero-order chi connectivity index (χ0) is 15.7. The summed E-state index contributed by atoms with van der Waals surface area (Å²) in [6.45, 7) is 2.34. The van der Waals surface area contributed by atoms with Crippen LogP contribution in [-0.2, 0) is 9.05 Å². The van der Waals surface area contributed by atoms with Crippen molar-refractivity contribution in [3.05, 3.63) is 58.5 Å². The molecule has 0 radical (unpaired) electrons. The van der Waals surface area contributed by atoms with E-state index in [0.717, 1.165) is 16.7 Å². The van der Waals surface area contributed by atoms with Gasteiger partial charge in [0.15, 0.2) is 0 Å². The van der Waals surface area contributed by atoms with Gasteiger partial charge in [-0.1, -0.05) is 35.9 Å². The Hall–Kier alpha value is -1.78. The summed E-state index contributed by atoms with van der Waals surface area (Å²) < 4.78 is 28.8. The van der Waals surface area contributed by atoms with E-state index >= 15 is 0 Å². The third-order valence-electron chi connectivity index (χ3n) is 3.63. The Morgan fingerprint density at radius 1 is 1.05 bits per heavy atom. The first-order chi connectivity index (χ1) is 10.4. The molecule has 0 aliphatic carbocycles. The minimum atomic E-state index is -3.72. The molecule has 0 N–H and O–H groups in total. The molecule has 0 spiro atoms. The lowest BCUT2D eigenvalue weighted by Gasteiger charge is -2.09. The first kappa shape index (κ1) is 15.1. The lowest BCUT2D eigenvalue weighted by Crippen LogP contribution is -2.00. The van der Waals surface area contributed by atoms with Crippen LogP contribution < -0.4 is 4.74 Å². The second-order valence-electron chi connectivity index (χ2n) is 5.27. The van der Waals surface area contributed by atoms with Gasteiger partial charge < -0.3 is 4.74 Å². The van der Waals surface area contributed by atoms with Crippen LogP contribution >= 0.6 is 10.7 Å². The van der Waals surface area contributed by atoms with Crippen LogP contribution in [-0.4, -0.2) is 15.0 Å². The monoisotopic (exact) mass is 334 g/mol. The molecule has 114 valence electrons. The number of ether oxygens (including phenoxy) is 1. The Kier molecular flexibility index (Phi) is 3.98.